The van der Waals surface area contributed by atoms with Crippen molar-refractivity contribution >= 4 is 5.91 Å². The van der Waals surface area contributed by atoms with Crippen LogP contribution in [-0.4, -0.2) is 54.3 Å². The normalized spacial score (nSPS) is 16.5. The van der Waals surface area contributed by atoms with Crippen molar-refractivity contribution in [3.05, 3.63) is 65.7 Å². The lowest BCUT2D eigenvalue weighted by Gasteiger charge is -2.37. The van der Waals surface area contributed by atoms with Crippen LogP contribution in [0.2, 0.25) is 0 Å². The minimum Gasteiger partial charge on any atom is -0.491 e. The van der Waals surface area contributed by atoms with Gasteiger partial charge in [-0.25, -0.2) is 0 Å². The monoisotopic (exact) mass is 382 g/mol. The minimum absolute atomic E-state index is 0.0391. The first-order valence-electron chi connectivity index (χ1n) is 9.97. The number of aryl methyl sites for hydroxylation is 1. The van der Waals surface area contributed by atoms with Gasteiger partial charge in [-0.05, 0) is 43.9 Å². The quantitative estimate of drug-likeness (QED) is 0.737. The Morgan fingerprint density at radius 2 is 1.79 bits per heavy atom. The van der Waals surface area contributed by atoms with Crippen LogP contribution in [0.15, 0.2) is 54.6 Å². The number of aliphatic hydroxyl groups is 1. The standard InChI is InChI=1S/C23H30N2O3/c1-19-7-9-21(10-8-19)28-18-23(27)12-15-25(16-13-23)17-22(26)24-14-11-20-5-3-2-4-6-20/h2-10,27H,11-18H2,1H3,(H,24,26). The number of ether oxygens (including phenoxy) is 1. The van der Waals surface area contributed by atoms with E-state index in [-0.39, 0.29) is 12.5 Å². The van der Waals surface area contributed by atoms with Crippen LogP contribution in [0.1, 0.15) is 24.0 Å². The average molecular weight is 383 g/mol. The fourth-order valence-corrected chi connectivity index (χ4v) is 3.37. The lowest BCUT2D eigenvalue weighted by molar-refractivity contribution is -0.123. The van der Waals surface area contributed by atoms with Gasteiger partial charge in [-0.2, -0.15) is 0 Å². The van der Waals surface area contributed by atoms with Gasteiger partial charge in [-0.15, -0.1) is 0 Å². The van der Waals surface area contributed by atoms with Crippen molar-refractivity contribution in [2.24, 2.45) is 0 Å². The van der Waals surface area contributed by atoms with Crippen LogP contribution in [-0.2, 0) is 11.2 Å². The lowest BCUT2D eigenvalue weighted by Crippen LogP contribution is -2.50. The van der Waals surface area contributed by atoms with Crippen LogP contribution in [0.3, 0.4) is 0 Å². The molecule has 1 aliphatic rings. The summed E-state index contributed by atoms with van der Waals surface area (Å²) in [5.41, 5.74) is 1.58. The molecule has 1 aliphatic heterocycles. The molecule has 0 bridgehead atoms. The van der Waals surface area contributed by atoms with E-state index in [0.29, 0.717) is 39.0 Å². The third-order valence-electron chi connectivity index (χ3n) is 5.26. The summed E-state index contributed by atoms with van der Waals surface area (Å²) in [6.45, 7) is 4.73. The van der Waals surface area contributed by atoms with Crippen molar-refractivity contribution in [1.29, 1.82) is 0 Å². The molecule has 1 saturated heterocycles. The summed E-state index contributed by atoms with van der Waals surface area (Å²) in [6, 6.07) is 18.0. The van der Waals surface area contributed by atoms with Gasteiger partial charge >= 0.3 is 0 Å². The SMILES string of the molecule is Cc1ccc(OCC2(O)CCN(CC(=O)NCCc3ccccc3)CC2)cc1. The van der Waals surface area contributed by atoms with Gasteiger partial charge in [0.05, 0.1) is 6.54 Å². The molecule has 0 saturated carbocycles. The highest BCUT2D eigenvalue weighted by atomic mass is 16.5. The molecule has 1 heterocycles. The van der Waals surface area contributed by atoms with E-state index in [4.69, 9.17) is 4.74 Å². The number of likely N-dealkylation sites (tertiary alicyclic amines) is 1. The van der Waals surface area contributed by atoms with Gasteiger partial charge in [-0.1, -0.05) is 48.0 Å². The van der Waals surface area contributed by atoms with Crippen LogP contribution in [0.5, 0.6) is 5.75 Å². The van der Waals surface area contributed by atoms with E-state index in [1.807, 2.05) is 49.4 Å². The maximum Gasteiger partial charge on any atom is 0.234 e. The molecule has 5 nitrogen and oxygen atoms in total. The molecule has 2 N–H and O–H groups in total. The molecule has 0 atom stereocenters. The van der Waals surface area contributed by atoms with E-state index >= 15 is 0 Å². The second kappa shape index (κ2) is 9.71. The van der Waals surface area contributed by atoms with Crippen molar-refractivity contribution in [1.82, 2.24) is 10.2 Å². The summed E-state index contributed by atoms with van der Waals surface area (Å²) < 4.78 is 5.77. The maximum absolute atomic E-state index is 12.2. The number of nitrogens with zero attached hydrogens (tertiary/aromatic N) is 1. The number of piperidine rings is 1. The predicted molar refractivity (Wildman–Crippen MR) is 110 cm³/mol. The number of hydrogen-bond acceptors (Lipinski definition) is 4. The number of rotatable bonds is 8. The Morgan fingerprint density at radius 1 is 1.11 bits per heavy atom. The molecule has 0 aliphatic carbocycles. The first-order chi connectivity index (χ1) is 13.5. The zero-order chi connectivity index (χ0) is 19.8. The highest BCUT2D eigenvalue weighted by Crippen LogP contribution is 2.24. The summed E-state index contributed by atoms with van der Waals surface area (Å²) in [7, 11) is 0. The van der Waals surface area contributed by atoms with Crippen LogP contribution in [0.4, 0.5) is 0 Å². The van der Waals surface area contributed by atoms with Crippen molar-refractivity contribution in [2.45, 2.75) is 31.8 Å². The number of carbonyl (C=O) groups is 1. The van der Waals surface area contributed by atoms with E-state index < -0.39 is 5.60 Å². The van der Waals surface area contributed by atoms with Crippen molar-refractivity contribution in [3.8, 4) is 5.75 Å². The van der Waals surface area contributed by atoms with Gasteiger partial charge in [0, 0.05) is 19.6 Å². The molecule has 5 heteroatoms. The second-order valence-electron chi connectivity index (χ2n) is 7.69. The summed E-state index contributed by atoms with van der Waals surface area (Å²) in [5, 5.41) is 13.7. The van der Waals surface area contributed by atoms with E-state index in [1.165, 1.54) is 11.1 Å². The van der Waals surface area contributed by atoms with Gasteiger partial charge in [0.25, 0.3) is 0 Å². The summed E-state index contributed by atoms with van der Waals surface area (Å²) in [6.07, 6.45) is 2.05. The summed E-state index contributed by atoms with van der Waals surface area (Å²) in [5.74, 6) is 0.816. The van der Waals surface area contributed by atoms with Gasteiger partial charge in [-0.3, -0.25) is 9.69 Å². The number of benzene rings is 2. The Labute approximate surface area is 167 Å². The molecule has 0 spiro atoms. The van der Waals surface area contributed by atoms with E-state index in [9.17, 15) is 9.90 Å². The van der Waals surface area contributed by atoms with Crippen LogP contribution in [0, 0.1) is 6.92 Å². The van der Waals surface area contributed by atoms with Crippen LogP contribution < -0.4 is 10.1 Å². The highest BCUT2D eigenvalue weighted by Gasteiger charge is 2.33. The maximum atomic E-state index is 12.2. The van der Waals surface area contributed by atoms with Gasteiger partial charge in [0.2, 0.25) is 5.91 Å². The van der Waals surface area contributed by atoms with E-state index in [2.05, 4.69) is 22.3 Å². The highest BCUT2D eigenvalue weighted by molar-refractivity contribution is 5.78. The molecule has 2 aromatic rings. The molecule has 28 heavy (non-hydrogen) atoms. The first-order valence-corrected chi connectivity index (χ1v) is 9.97. The molecular formula is C23H30N2O3. The molecule has 2 aromatic carbocycles. The Kier molecular flexibility index (Phi) is 7.06. The fourth-order valence-electron chi connectivity index (χ4n) is 3.37. The Morgan fingerprint density at radius 3 is 2.46 bits per heavy atom. The summed E-state index contributed by atoms with van der Waals surface area (Å²) in [4.78, 5) is 14.3. The molecule has 0 radical (unpaired) electrons. The second-order valence-corrected chi connectivity index (χ2v) is 7.69. The third kappa shape index (κ3) is 6.36. The Hall–Kier alpha value is -2.37. The van der Waals surface area contributed by atoms with Crippen LogP contribution in [0.25, 0.3) is 0 Å². The molecule has 0 aromatic heterocycles. The minimum atomic E-state index is -0.828. The number of nitrogens with one attached hydrogen (secondary N) is 1. The number of hydrogen-bond donors (Lipinski definition) is 2. The van der Waals surface area contributed by atoms with Gasteiger partial charge < -0.3 is 15.2 Å². The third-order valence-corrected chi connectivity index (χ3v) is 5.26. The van der Waals surface area contributed by atoms with Crippen molar-refractivity contribution in [2.75, 3.05) is 32.8 Å². The lowest BCUT2D eigenvalue weighted by atomic mass is 9.92. The van der Waals surface area contributed by atoms with E-state index in [1.54, 1.807) is 0 Å². The molecular weight excluding hydrogens is 352 g/mol. The molecule has 150 valence electrons. The zero-order valence-corrected chi connectivity index (χ0v) is 16.6. The van der Waals surface area contributed by atoms with E-state index in [0.717, 1.165) is 12.2 Å². The number of amides is 1. The largest absolute Gasteiger partial charge is 0.491 e. The molecule has 3 rings (SSSR count). The Balaban J connectivity index is 1.34. The van der Waals surface area contributed by atoms with Crippen molar-refractivity contribution < 1.29 is 14.6 Å². The van der Waals surface area contributed by atoms with Gasteiger partial charge in [0.15, 0.2) is 0 Å². The fraction of sp³-hybridized carbons (Fsp3) is 0.435. The van der Waals surface area contributed by atoms with Crippen molar-refractivity contribution in [3.63, 3.8) is 0 Å². The topological polar surface area (TPSA) is 61.8 Å². The average Bonchev–Trinajstić information content (AvgIpc) is 2.70. The van der Waals surface area contributed by atoms with Gasteiger partial charge in [0.1, 0.15) is 18.0 Å². The molecule has 0 unspecified atom stereocenters. The number of carbonyl (C=O) groups excluding carboxylic acids is 1. The molecule has 1 amide bonds. The predicted octanol–water partition coefficient (Wildman–Crippen LogP) is 2.56. The molecule has 1 fully saturated rings. The first kappa shape index (κ1) is 20.4. The smallest absolute Gasteiger partial charge is 0.234 e. The van der Waals surface area contributed by atoms with Crippen LogP contribution >= 0.6 is 0 Å². The Bertz CT molecular complexity index is 738. The summed E-state index contributed by atoms with van der Waals surface area (Å²) >= 11 is 0. The zero-order valence-electron chi connectivity index (χ0n) is 16.6.